The molecule has 2 heteroatoms. The SMILES string of the molecule is CCCCCOC1(C)CCC(=N)CC1. The highest BCUT2D eigenvalue weighted by Crippen LogP contribution is 2.29. The van der Waals surface area contributed by atoms with E-state index in [9.17, 15) is 0 Å². The monoisotopic (exact) mass is 197 g/mol. The van der Waals surface area contributed by atoms with Crippen LogP contribution >= 0.6 is 0 Å². The highest BCUT2D eigenvalue weighted by atomic mass is 16.5. The Morgan fingerprint density at radius 2 is 1.93 bits per heavy atom. The zero-order valence-electron chi connectivity index (χ0n) is 9.57. The van der Waals surface area contributed by atoms with Crippen molar-refractivity contribution in [3.8, 4) is 0 Å². The maximum Gasteiger partial charge on any atom is 0.0661 e. The average Bonchev–Trinajstić information content (AvgIpc) is 2.18. The maximum atomic E-state index is 7.55. The first-order valence-corrected chi connectivity index (χ1v) is 5.86. The average molecular weight is 197 g/mol. The molecule has 0 bridgehead atoms. The van der Waals surface area contributed by atoms with Crippen LogP contribution in [-0.2, 0) is 4.74 Å². The van der Waals surface area contributed by atoms with Crippen molar-refractivity contribution in [1.29, 1.82) is 5.41 Å². The van der Waals surface area contributed by atoms with Crippen LogP contribution in [0.1, 0.15) is 58.8 Å². The Labute approximate surface area is 87.5 Å². The van der Waals surface area contributed by atoms with Gasteiger partial charge in [0.15, 0.2) is 0 Å². The predicted molar refractivity (Wildman–Crippen MR) is 60.1 cm³/mol. The van der Waals surface area contributed by atoms with Gasteiger partial charge in [0.2, 0.25) is 0 Å². The van der Waals surface area contributed by atoms with Crippen LogP contribution in [-0.4, -0.2) is 17.9 Å². The molecule has 0 aromatic heterocycles. The van der Waals surface area contributed by atoms with Crippen molar-refractivity contribution in [1.82, 2.24) is 0 Å². The minimum atomic E-state index is 0.0677. The van der Waals surface area contributed by atoms with E-state index < -0.39 is 0 Å². The fourth-order valence-corrected chi connectivity index (χ4v) is 1.90. The molecule has 82 valence electrons. The van der Waals surface area contributed by atoms with E-state index in [2.05, 4.69) is 13.8 Å². The second kappa shape index (κ2) is 5.50. The van der Waals surface area contributed by atoms with Gasteiger partial charge in [0, 0.05) is 12.3 Å². The van der Waals surface area contributed by atoms with Crippen molar-refractivity contribution >= 4 is 5.71 Å². The summed E-state index contributed by atoms with van der Waals surface area (Å²) in [4.78, 5) is 0. The molecule has 0 aromatic rings. The summed E-state index contributed by atoms with van der Waals surface area (Å²) >= 11 is 0. The Morgan fingerprint density at radius 1 is 1.29 bits per heavy atom. The molecule has 1 saturated carbocycles. The van der Waals surface area contributed by atoms with E-state index in [0.717, 1.165) is 38.0 Å². The molecule has 1 aliphatic rings. The van der Waals surface area contributed by atoms with Gasteiger partial charge in [-0.25, -0.2) is 0 Å². The first-order chi connectivity index (χ1) is 6.66. The number of hydrogen-bond acceptors (Lipinski definition) is 2. The maximum absolute atomic E-state index is 7.55. The lowest BCUT2D eigenvalue weighted by Gasteiger charge is -2.34. The van der Waals surface area contributed by atoms with Crippen LogP contribution in [0.25, 0.3) is 0 Å². The van der Waals surface area contributed by atoms with Gasteiger partial charge in [0.1, 0.15) is 0 Å². The molecule has 0 heterocycles. The summed E-state index contributed by atoms with van der Waals surface area (Å²) in [6, 6.07) is 0. The number of nitrogens with one attached hydrogen (secondary N) is 1. The zero-order valence-corrected chi connectivity index (χ0v) is 9.57. The van der Waals surface area contributed by atoms with E-state index in [0.29, 0.717) is 0 Å². The summed E-state index contributed by atoms with van der Waals surface area (Å²) in [7, 11) is 0. The number of rotatable bonds is 5. The molecule has 0 amide bonds. The molecule has 0 radical (unpaired) electrons. The first kappa shape index (κ1) is 11.7. The third-order valence-electron chi connectivity index (χ3n) is 3.11. The lowest BCUT2D eigenvalue weighted by Crippen LogP contribution is -2.34. The van der Waals surface area contributed by atoms with Gasteiger partial charge in [-0.15, -0.1) is 0 Å². The molecule has 2 nitrogen and oxygen atoms in total. The molecule has 0 atom stereocenters. The third kappa shape index (κ3) is 3.79. The Bertz CT molecular complexity index is 179. The summed E-state index contributed by atoms with van der Waals surface area (Å²) in [6.45, 7) is 5.31. The molecule has 0 aliphatic heterocycles. The molecule has 0 saturated heterocycles. The highest BCUT2D eigenvalue weighted by molar-refractivity contribution is 5.82. The summed E-state index contributed by atoms with van der Waals surface area (Å²) in [5, 5.41) is 7.55. The normalized spacial score (nSPS) is 28.0. The minimum absolute atomic E-state index is 0.0677. The highest BCUT2D eigenvalue weighted by Gasteiger charge is 2.29. The summed E-state index contributed by atoms with van der Waals surface area (Å²) in [5.74, 6) is 0. The van der Waals surface area contributed by atoms with E-state index in [4.69, 9.17) is 10.1 Å². The Balaban J connectivity index is 2.18. The van der Waals surface area contributed by atoms with Gasteiger partial charge < -0.3 is 10.1 Å². The van der Waals surface area contributed by atoms with Gasteiger partial charge in [0.05, 0.1) is 5.60 Å². The van der Waals surface area contributed by atoms with Crippen molar-refractivity contribution in [3.63, 3.8) is 0 Å². The molecule has 14 heavy (non-hydrogen) atoms. The zero-order chi connectivity index (χ0) is 10.4. The number of unbranched alkanes of at least 4 members (excludes halogenated alkanes) is 2. The quantitative estimate of drug-likeness (QED) is 0.672. The largest absolute Gasteiger partial charge is 0.375 e. The van der Waals surface area contributed by atoms with Crippen molar-refractivity contribution in [2.24, 2.45) is 0 Å². The Morgan fingerprint density at radius 3 is 2.50 bits per heavy atom. The lowest BCUT2D eigenvalue weighted by atomic mass is 9.85. The second-order valence-electron chi connectivity index (χ2n) is 4.61. The van der Waals surface area contributed by atoms with Crippen LogP contribution in [0.2, 0.25) is 0 Å². The van der Waals surface area contributed by atoms with Crippen LogP contribution in [0.5, 0.6) is 0 Å². The van der Waals surface area contributed by atoms with Gasteiger partial charge in [-0.1, -0.05) is 19.8 Å². The fourth-order valence-electron chi connectivity index (χ4n) is 1.90. The summed E-state index contributed by atoms with van der Waals surface area (Å²) in [5.41, 5.74) is 0.970. The van der Waals surface area contributed by atoms with Crippen molar-refractivity contribution in [2.45, 2.75) is 64.4 Å². The molecule has 1 aliphatic carbocycles. The van der Waals surface area contributed by atoms with Gasteiger partial charge in [0.25, 0.3) is 0 Å². The smallest absolute Gasteiger partial charge is 0.0661 e. The van der Waals surface area contributed by atoms with Crippen LogP contribution in [0.4, 0.5) is 0 Å². The van der Waals surface area contributed by atoms with Crippen molar-refractivity contribution < 1.29 is 4.74 Å². The van der Waals surface area contributed by atoms with Crippen LogP contribution < -0.4 is 0 Å². The molecule has 1 fully saturated rings. The second-order valence-corrected chi connectivity index (χ2v) is 4.61. The molecular formula is C12H23NO. The fraction of sp³-hybridized carbons (Fsp3) is 0.917. The Hall–Kier alpha value is -0.370. The third-order valence-corrected chi connectivity index (χ3v) is 3.11. The van der Waals surface area contributed by atoms with Crippen LogP contribution in [0.15, 0.2) is 0 Å². The minimum Gasteiger partial charge on any atom is -0.375 e. The van der Waals surface area contributed by atoms with E-state index in [1.807, 2.05) is 0 Å². The molecular weight excluding hydrogens is 174 g/mol. The first-order valence-electron chi connectivity index (χ1n) is 5.86. The standard InChI is InChI=1S/C12H23NO/c1-3-4-5-10-14-12(2)8-6-11(13)7-9-12/h13H,3-10H2,1-2H3. The van der Waals surface area contributed by atoms with Gasteiger partial charge in [-0.05, 0) is 39.0 Å². The molecule has 1 N–H and O–H groups in total. The molecule has 1 rings (SSSR count). The van der Waals surface area contributed by atoms with Crippen LogP contribution in [0, 0.1) is 5.41 Å². The van der Waals surface area contributed by atoms with Crippen molar-refractivity contribution in [2.75, 3.05) is 6.61 Å². The Kier molecular flexibility index (Phi) is 4.59. The van der Waals surface area contributed by atoms with Crippen molar-refractivity contribution in [3.05, 3.63) is 0 Å². The topological polar surface area (TPSA) is 33.1 Å². The molecule has 0 aromatic carbocycles. The van der Waals surface area contributed by atoms with E-state index >= 15 is 0 Å². The van der Waals surface area contributed by atoms with E-state index in [1.54, 1.807) is 0 Å². The number of hydrogen-bond donors (Lipinski definition) is 1. The molecule has 0 spiro atoms. The van der Waals surface area contributed by atoms with E-state index in [-0.39, 0.29) is 5.60 Å². The van der Waals surface area contributed by atoms with Gasteiger partial charge in [-0.2, -0.15) is 0 Å². The van der Waals surface area contributed by atoms with E-state index in [1.165, 1.54) is 19.3 Å². The van der Waals surface area contributed by atoms with Gasteiger partial charge >= 0.3 is 0 Å². The van der Waals surface area contributed by atoms with Crippen LogP contribution in [0.3, 0.4) is 0 Å². The predicted octanol–water partition coefficient (Wildman–Crippen LogP) is 3.55. The lowest BCUT2D eigenvalue weighted by molar-refractivity contribution is -0.0465. The number of ether oxygens (including phenoxy) is 1. The summed E-state index contributed by atoms with van der Waals surface area (Å²) < 4.78 is 5.92. The molecule has 0 unspecified atom stereocenters. The summed E-state index contributed by atoms with van der Waals surface area (Å²) in [6.07, 6.45) is 7.66. The van der Waals surface area contributed by atoms with Gasteiger partial charge in [-0.3, -0.25) is 0 Å².